The molecule has 1 amide bonds. The van der Waals surface area contributed by atoms with Gasteiger partial charge in [0.2, 0.25) is 0 Å². The van der Waals surface area contributed by atoms with E-state index in [1.165, 1.54) is 37.9 Å². The molecule has 1 unspecified atom stereocenters. The summed E-state index contributed by atoms with van der Waals surface area (Å²) in [6, 6.07) is 16.7. The van der Waals surface area contributed by atoms with Crippen LogP contribution in [0.1, 0.15) is 55.5 Å². The van der Waals surface area contributed by atoms with Crippen molar-refractivity contribution < 1.29 is 9.53 Å². The maximum Gasteiger partial charge on any atom is 0.415 e. The predicted octanol–water partition coefficient (Wildman–Crippen LogP) is 5.64. The summed E-state index contributed by atoms with van der Waals surface area (Å²) in [6.07, 6.45) is 10.3. The van der Waals surface area contributed by atoms with Crippen molar-refractivity contribution in [2.45, 2.75) is 56.9 Å². The van der Waals surface area contributed by atoms with Crippen molar-refractivity contribution in [3.05, 3.63) is 72.1 Å². The number of anilines is 1. The Morgan fingerprint density at radius 3 is 2.56 bits per heavy atom. The van der Waals surface area contributed by atoms with Gasteiger partial charge in [0.1, 0.15) is 17.0 Å². The first-order chi connectivity index (χ1) is 20.2. The van der Waals surface area contributed by atoms with Crippen molar-refractivity contribution in [3.63, 3.8) is 0 Å². The normalized spacial score (nSPS) is 20.3. The lowest BCUT2D eigenvalue weighted by molar-refractivity contribution is 0.0878. The number of ether oxygens (including phenoxy) is 1. The van der Waals surface area contributed by atoms with Crippen LogP contribution in [0, 0.1) is 0 Å². The van der Waals surface area contributed by atoms with Gasteiger partial charge in [0, 0.05) is 37.2 Å². The van der Waals surface area contributed by atoms with E-state index < -0.39 is 0 Å². The SMILES string of the molecule is CCc1cc(OC(=O)N2CCC(N3CCCCC3)CC2)ccc1NC1=NNC(c2ccc(-n3cccn3)cc2)SC1. The summed E-state index contributed by atoms with van der Waals surface area (Å²) in [6.45, 7) is 6.05. The van der Waals surface area contributed by atoms with Crippen LogP contribution in [0.5, 0.6) is 5.75 Å². The van der Waals surface area contributed by atoms with Crippen LogP contribution in [0.4, 0.5) is 10.5 Å². The third-order valence-corrected chi connectivity index (χ3v) is 9.39. The first-order valence-electron chi connectivity index (χ1n) is 14.8. The van der Waals surface area contributed by atoms with Crippen molar-refractivity contribution in [1.29, 1.82) is 0 Å². The Morgan fingerprint density at radius 1 is 1.07 bits per heavy atom. The number of piperidine rings is 2. The van der Waals surface area contributed by atoms with Gasteiger partial charge in [-0.15, -0.1) is 11.8 Å². The molecule has 1 aromatic heterocycles. The highest BCUT2D eigenvalue weighted by molar-refractivity contribution is 8.00. The van der Waals surface area contributed by atoms with E-state index in [-0.39, 0.29) is 11.5 Å². The molecule has 0 radical (unpaired) electrons. The molecule has 6 rings (SSSR count). The maximum atomic E-state index is 12.9. The van der Waals surface area contributed by atoms with Gasteiger partial charge >= 0.3 is 6.09 Å². The summed E-state index contributed by atoms with van der Waals surface area (Å²) in [7, 11) is 0. The van der Waals surface area contributed by atoms with Gasteiger partial charge in [-0.05, 0) is 92.7 Å². The summed E-state index contributed by atoms with van der Waals surface area (Å²) < 4.78 is 7.66. The fourth-order valence-electron chi connectivity index (χ4n) is 5.89. The molecule has 2 fully saturated rings. The van der Waals surface area contributed by atoms with E-state index in [1.807, 2.05) is 40.0 Å². The molecule has 0 spiro atoms. The number of nitrogens with one attached hydrogen (secondary N) is 2. The summed E-state index contributed by atoms with van der Waals surface area (Å²) in [5, 5.41) is 12.5. The van der Waals surface area contributed by atoms with Gasteiger partial charge in [0.05, 0.1) is 11.4 Å². The minimum absolute atomic E-state index is 0.0876. The number of thioether (sulfide) groups is 1. The first-order valence-corrected chi connectivity index (χ1v) is 15.9. The molecule has 3 aliphatic rings. The van der Waals surface area contributed by atoms with E-state index in [2.05, 4.69) is 57.0 Å². The van der Waals surface area contributed by atoms with Gasteiger partial charge in [-0.1, -0.05) is 25.5 Å². The Morgan fingerprint density at radius 2 is 1.88 bits per heavy atom. The zero-order valence-electron chi connectivity index (χ0n) is 23.7. The van der Waals surface area contributed by atoms with E-state index in [1.54, 1.807) is 18.0 Å². The van der Waals surface area contributed by atoms with E-state index in [0.29, 0.717) is 11.8 Å². The molecule has 2 saturated heterocycles. The average Bonchev–Trinajstić information content (AvgIpc) is 3.58. The number of hydrogen-bond acceptors (Lipinski definition) is 8. The van der Waals surface area contributed by atoms with Crippen LogP contribution in [-0.2, 0) is 6.42 Å². The Kier molecular flexibility index (Phi) is 8.77. The zero-order valence-corrected chi connectivity index (χ0v) is 24.5. The van der Waals surface area contributed by atoms with Crippen LogP contribution in [0.2, 0.25) is 0 Å². The van der Waals surface area contributed by atoms with E-state index >= 15 is 0 Å². The van der Waals surface area contributed by atoms with Crippen LogP contribution < -0.4 is 15.5 Å². The van der Waals surface area contributed by atoms with Crippen molar-refractivity contribution in [2.24, 2.45) is 5.10 Å². The van der Waals surface area contributed by atoms with Crippen molar-refractivity contribution >= 4 is 29.4 Å². The van der Waals surface area contributed by atoms with E-state index in [0.717, 1.165) is 60.9 Å². The smallest absolute Gasteiger partial charge is 0.410 e. The number of likely N-dealkylation sites (tertiary alicyclic amines) is 2. The highest BCUT2D eigenvalue weighted by Crippen LogP contribution is 2.31. The Balaban J connectivity index is 1.01. The lowest BCUT2D eigenvalue weighted by Crippen LogP contribution is -2.48. The molecular weight excluding hydrogens is 534 g/mol. The number of hydrogen-bond donors (Lipinski definition) is 2. The number of benzene rings is 2. The molecule has 0 bridgehead atoms. The molecular formula is C31H39N7O2S. The minimum Gasteiger partial charge on any atom is -0.410 e. The Hall–Kier alpha value is -3.50. The number of aromatic nitrogens is 2. The molecule has 3 aromatic rings. The van der Waals surface area contributed by atoms with Gasteiger partial charge in [-0.25, -0.2) is 9.48 Å². The summed E-state index contributed by atoms with van der Waals surface area (Å²) in [5.74, 6) is 2.22. The third kappa shape index (κ3) is 6.70. The number of amidine groups is 1. The minimum atomic E-state index is -0.245. The number of carbonyl (C=O) groups excluding carboxylic acids is 1. The number of nitrogens with zero attached hydrogens (tertiary/aromatic N) is 5. The summed E-state index contributed by atoms with van der Waals surface area (Å²) in [5.41, 5.74) is 7.56. The average molecular weight is 574 g/mol. The van der Waals surface area contributed by atoms with Crippen LogP contribution in [0.25, 0.3) is 5.69 Å². The molecule has 0 aliphatic carbocycles. The molecule has 4 heterocycles. The lowest BCUT2D eigenvalue weighted by atomic mass is 10.0. The Bertz CT molecular complexity index is 1330. The second-order valence-electron chi connectivity index (χ2n) is 10.9. The molecule has 41 heavy (non-hydrogen) atoms. The number of carbonyl (C=O) groups is 1. The molecule has 1 atom stereocenters. The van der Waals surface area contributed by atoms with Gasteiger partial charge < -0.3 is 19.9 Å². The summed E-state index contributed by atoms with van der Waals surface area (Å²) >= 11 is 1.79. The van der Waals surface area contributed by atoms with Crippen LogP contribution >= 0.6 is 11.8 Å². The van der Waals surface area contributed by atoms with E-state index in [9.17, 15) is 4.79 Å². The van der Waals surface area contributed by atoms with E-state index in [4.69, 9.17) is 4.74 Å². The van der Waals surface area contributed by atoms with Gasteiger partial charge in [0.15, 0.2) is 0 Å². The Labute approximate surface area is 246 Å². The first kappa shape index (κ1) is 27.7. The van der Waals surface area contributed by atoms with Gasteiger partial charge in [0.25, 0.3) is 0 Å². The third-order valence-electron chi connectivity index (χ3n) is 8.24. The standard InChI is InChI=1S/C31H39N7O2S/c1-2-23-21-27(40-31(39)37-19-13-25(14-20-37)36-16-4-3-5-17-36)11-12-28(23)33-29-22-41-30(35-34-29)24-7-9-26(10-8-24)38-18-6-15-32-38/h6-12,15,18,21,25,30,35H,2-5,13-14,16-17,19-20,22H2,1H3,(H,33,34). The monoisotopic (exact) mass is 573 g/mol. The fraction of sp³-hybridized carbons (Fsp3) is 0.452. The molecule has 10 heteroatoms. The number of amides is 1. The maximum absolute atomic E-state index is 12.9. The topological polar surface area (TPSA) is 87.0 Å². The second kappa shape index (κ2) is 13.0. The van der Waals surface area contributed by atoms with Gasteiger partial charge in [-0.2, -0.15) is 10.2 Å². The molecule has 3 aliphatic heterocycles. The molecule has 2 N–H and O–H groups in total. The second-order valence-corrected chi connectivity index (χ2v) is 12.0. The number of hydrazone groups is 1. The molecule has 216 valence electrons. The number of rotatable bonds is 6. The predicted molar refractivity (Wildman–Crippen MR) is 165 cm³/mol. The van der Waals surface area contributed by atoms with Crippen molar-refractivity contribution in [3.8, 4) is 11.4 Å². The molecule has 9 nitrogen and oxygen atoms in total. The quantitative estimate of drug-likeness (QED) is 0.394. The zero-order chi connectivity index (χ0) is 28.0. The van der Waals surface area contributed by atoms with Crippen molar-refractivity contribution in [1.82, 2.24) is 25.0 Å². The number of aryl methyl sites for hydroxylation is 1. The van der Waals surface area contributed by atoms with Crippen LogP contribution in [-0.4, -0.2) is 69.5 Å². The van der Waals surface area contributed by atoms with Gasteiger partial charge in [-0.3, -0.25) is 5.43 Å². The highest BCUT2D eigenvalue weighted by Gasteiger charge is 2.28. The van der Waals surface area contributed by atoms with Crippen LogP contribution in [0.15, 0.2) is 66.0 Å². The highest BCUT2D eigenvalue weighted by atomic mass is 32.2. The molecule has 0 saturated carbocycles. The van der Waals surface area contributed by atoms with Crippen molar-refractivity contribution in [2.75, 3.05) is 37.2 Å². The largest absolute Gasteiger partial charge is 0.415 e. The fourth-order valence-corrected chi connectivity index (χ4v) is 6.83. The lowest BCUT2D eigenvalue weighted by Gasteiger charge is -2.39. The van der Waals surface area contributed by atoms with Crippen LogP contribution in [0.3, 0.4) is 0 Å². The summed E-state index contributed by atoms with van der Waals surface area (Å²) in [4.78, 5) is 17.4. The molecule has 2 aromatic carbocycles.